The van der Waals surface area contributed by atoms with E-state index in [4.69, 9.17) is 0 Å². The van der Waals surface area contributed by atoms with Crippen molar-refractivity contribution in [2.45, 2.75) is 0 Å². The molecule has 14 heteroatoms. The predicted octanol–water partition coefficient (Wildman–Crippen LogP) is -14.9. The van der Waals surface area contributed by atoms with E-state index in [1.54, 1.807) is 0 Å². The van der Waals surface area contributed by atoms with Gasteiger partial charge in [0.25, 0.3) is 0 Å². The summed E-state index contributed by atoms with van der Waals surface area (Å²) in [5.74, 6) is 0. The molecule has 64 valence electrons. The summed E-state index contributed by atoms with van der Waals surface area (Å²) in [5.41, 5.74) is 0. The summed E-state index contributed by atoms with van der Waals surface area (Å²) in [7, 11) is -11.4. The minimum Gasteiger partial charge on any atom is -0.790 e. The largest absolute Gasteiger partial charge is 1.00 e. The SMILES string of the molecule is Cl.O=P([O-])([O-])OP(=O)([O-])[O-].[Na+].[Na+].[Na+].[Na+]. The summed E-state index contributed by atoms with van der Waals surface area (Å²) in [5, 5.41) is 0. The van der Waals surface area contributed by atoms with Gasteiger partial charge in [-0.3, -0.25) is 0 Å². The number of halogens is 1. The van der Waals surface area contributed by atoms with Gasteiger partial charge in [-0.05, 0) is 0 Å². The van der Waals surface area contributed by atoms with Gasteiger partial charge in [0, 0.05) is 0 Å². The molecule has 0 aliphatic heterocycles. The molecule has 0 amide bonds. The Labute approximate surface area is 176 Å². The van der Waals surface area contributed by atoms with Crippen molar-refractivity contribution in [3.8, 4) is 0 Å². The maximum absolute atomic E-state index is 9.32. The van der Waals surface area contributed by atoms with E-state index in [1.165, 1.54) is 0 Å². The first-order chi connectivity index (χ1) is 3.71. The Morgan fingerprint density at radius 1 is 0.714 bits per heavy atom. The Hall–Kier alpha value is 4.55. The van der Waals surface area contributed by atoms with E-state index in [-0.39, 0.29) is 131 Å². The van der Waals surface area contributed by atoms with Crippen molar-refractivity contribution in [1.29, 1.82) is 0 Å². The van der Waals surface area contributed by atoms with Crippen molar-refractivity contribution in [3.63, 3.8) is 0 Å². The van der Waals surface area contributed by atoms with Crippen LogP contribution in [0.3, 0.4) is 0 Å². The average molecular weight is 302 g/mol. The molecule has 0 N–H and O–H groups in total. The zero-order chi connectivity index (χ0) is 7.71. The summed E-state index contributed by atoms with van der Waals surface area (Å²) in [6.45, 7) is 0. The minimum absolute atomic E-state index is 0. The molecule has 14 heavy (non-hydrogen) atoms. The van der Waals surface area contributed by atoms with Gasteiger partial charge in [-0.15, -0.1) is 12.4 Å². The average Bonchev–Trinajstić information content (AvgIpc) is 1.14. The van der Waals surface area contributed by atoms with Crippen LogP contribution in [0, 0.1) is 0 Å². The maximum atomic E-state index is 9.32. The summed E-state index contributed by atoms with van der Waals surface area (Å²) >= 11 is 0. The van der Waals surface area contributed by atoms with Crippen LogP contribution in [-0.4, -0.2) is 0 Å². The van der Waals surface area contributed by atoms with Gasteiger partial charge in [0.1, 0.15) is 0 Å². The van der Waals surface area contributed by atoms with Crippen LogP contribution in [0.15, 0.2) is 0 Å². The number of rotatable bonds is 2. The monoisotopic (exact) mass is 302 g/mol. The third-order valence-electron chi connectivity index (χ3n) is 0.200. The van der Waals surface area contributed by atoms with Crippen LogP contribution in [0.4, 0.5) is 0 Å². The van der Waals surface area contributed by atoms with Crippen LogP contribution in [0.2, 0.25) is 0 Å². The van der Waals surface area contributed by atoms with Crippen LogP contribution >= 0.6 is 28.1 Å². The number of phosphoric acid groups is 2. The molecule has 0 aromatic carbocycles. The van der Waals surface area contributed by atoms with Gasteiger partial charge in [0.2, 0.25) is 0 Å². The fourth-order valence-electron chi connectivity index (χ4n) is 0.122. The van der Waals surface area contributed by atoms with Gasteiger partial charge in [0.05, 0.1) is 15.6 Å². The second-order valence-electron chi connectivity index (χ2n) is 0.976. The van der Waals surface area contributed by atoms with E-state index < -0.39 is 15.6 Å². The molecule has 7 nitrogen and oxygen atoms in total. The molecule has 0 fully saturated rings. The molecule has 0 bridgehead atoms. The summed E-state index contributed by atoms with van der Waals surface area (Å²) in [6, 6.07) is 0. The molecule has 0 aromatic heterocycles. The van der Waals surface area contributed by atoms with E-state index >= 15 is 0 Å². The zero-order valence-electron chi connectivity index (χ0n) is 8.16. The van der Waals surface area contributed by atoms with Crippen LogP contribution in [0.1, 0.15) is 0 Å². The van der Waals surface area contributed by atoms with Crippen molar-refractivity contribution in [3.05, 3.63) is 0 Å². The fourth-order valence-corrected chi connectivity index (χ4v) is 1.10. The second-order valence-corrected chi connectivity index (χ2v) is 3.42. The first kappa shape index (κ1) is 36.3. The minimum atomic E-state index is -5.68. The molecule has 0 saturated heterocycles. The van der Waals surface area contributed by atoms with Crippen molar-refractivity contribution >= 4 is 28.1 Å². The summed E-state index contributed by atoms with van der Waals surface area (Å²) in [6.07, 6.45) is 0. The summed E-state index contributed by atoms with van der Waals surface area (Å²) in [4.78, 5) is 37.3. The Balaban J connectivity index is -0.0000000320. The molecule has 0 aliphatic carbocycles. The van der Waals surface area contributed by atoms with E-state index in [1.807, 2.05) is 0 Å². The Morgan fingerprint density at radius 2 is 0.857 bits per heavy atom. The van der Waals surface area contributed by atoms with Gasteiger partial charge in [-0.1, -0.05) is 0 Å². The number of hydrogen-bond acceptors (Lipinski definition) is 7. The Kier molecular flexibility index (Phi) is 40.4. The van der Waals surface area contributed by atoms with Gasteiger partial charge in [0.15, 0.2) is 0 Å². The quantitative estimate of drug-likeness (QED) is 0.365. The molecule has 0 aromatic rings. The summed E-state index contributed by atoms with van der Waals surface area (Å²) < 4.78 is 21.2. The van der Waals surface area contributed by atoms with Crippen molar-refractivity contribution in [1.82, 2.24) is 0 Å². The van der Waals surface area contributed by atoms with Gasteiger partial charge >= 0.3 is 118 Å². The third-order valence-corrected chi connectivity index (χ3v) is 1.80. The van der Waals surface area contributed by atoms with Crippen LogP contribution in [0.5, 0.6) is 0 Å². The molecule has 0 atom stereocenters. The van der Waals surface area contributed by atoms with Gasteiger partial charge in [-0.2, -0.15) is 0 Å². The molecule has 0 spiro atoms. The first-order valence-electron chi connectivity index (χ1n) is 1.46. The Morgan fingerprint density at radius 3 is 0.857 bits per heavy atom. The molecule has 0 rings (SSSR count). The van der Waals surface area contributed by atoms with Crippen LogP contribution < -0.4 is 138 Å². The molecule has 0 aliphatic rings. The zero-order valence-corrected chi connectivity index (χ0v) is 18.8. The standard InChI is InChI=1S/ClH.4Na.H4O7P2/c;;;;;1-8(2,3)7-9(4,5)6/h1H;;;;;(H2,1,2,3)(H2,4,5,6)/q;4*+1;/p-4. The predicted molar refractivity (Wildman–Crippen MR) is 23.5 cm³/mol. The Bertz CT molecular complexity index is 164. The second kappa shape index (κ2) is 15.6. The molecule has 0 unspecified atom stereocenters. The number of hydrogen-bond donors (Lipinski definition) is 0. The fraction of sp³-hybridized carbons (Fsp3) is 0. The van der Waals surface area contributed by atoms with Crippen molar-refractivity contribution in [2.24, 2.45) is 0 Å². The van der Waals surface area contributed by atoms with Crippen LogP contribution in [0.25, 0.3) is 0 Å². The molecule has 0 radical (unpaired) electrons. The first-order valence-corrected chi connectivity index (χ1v) is 4.38. The molecule has 0 heterocycles. The van der Waals surface area contributed by atoms with Crippen LogP contribution in [-0.2, 0) is 13.4 Å². The smallest absolute Gasteiger partial charge is 0.790 e. The normalized spacial score (nSPS) is 8.86. The molecule has 0 saturated carbocycles. The maximum Gasteiger partial charge on any atom is 1.00 e. The van der Waals surface area contributed by atoms with E-state index in [2.05, 4.69) is 4.31 Å². The topological polar surface area (TPSA) is 136 Å². The van der Waals surface area contributed by atoms with E-state index in [0.29, 0.717) is 0 Å². The molecular formula is HClNa4O7P2. The van der Waals surface area contributed by atoms with Gasteiger partial charge in [-0.25, -0.2) is 0 Å². The third kappa shape index (κ3) is 36.0. The van der Waals surface area contributed by atoms with E-state index in [9.17, 15) is 28.7 Å². The molecular weight excluding hydrogens is 301 g/mol. The van der Waals surface area contributed by atoms with Crippen molar-refractivity contribution < 1.29 is 151 Å². The van der Waals surface area contributed by atoms with Gasteiger partial charge < -0.3 is 33.0 Å². The van der Waals surface area contributed by atoms with E-state index in [0.717, 1.165) is 0 Å². The van der Waals surface area contributed by atoms with Crippen molar-refractivity contribution in [2.75, 3.05) is 0 Å².